The molecule has 172 valence electrons. The molecule has 0 atom stereocenters. The molecule has 3 aromatic rings. The molecule has 1 aliphatic carbocycles. The van der Waals surface area contributed by atoms with Gasteiger partial charge in [0.15, 0.2) is 0 Å². The van der Waals surface area contributed by atoms with Crippen LogP contribution in [0.15, 0.2) is 82.6 Å². The Kier molecular flexibility index (Phi) is 6.45. The van der Waals surface area contributed by atoms with E-state index < -0.39 is 9.84 Å². The van der Waals surface area contributed by atoms with Crippen molar-refractivity contribution in [1.29, 1.82) is 0 Å². The maximum absolute atomic E-state index is 13.7. The van der Waals surface area contributed by atoms with E-state index in [0.29, 0.717) is 28.2 Å². The van der Waals surface area contributed by atoms with Crippen LogP contribution in [0.1, 0.15) is 59.8 Å². The molecule has 0 spiro atoms. The van der Waals surface area contributed by atoms with Gasteiger partial charge in [-0.25, -0.2) is 13.2 Å². The lowest BCUT2D eigenvalue weighted by Gasteiger charge is -2.31. The number of carbonyl (C=O) groups is 1. The van der Waals surface area contributed by atoms with E-state index in [-0.39, 0.29) is 16.3 Å². The largest absolute Gasteiger partial charge is 0.462 e. The number of allylic oxidation sites excluding steroid dienone is 1. The zero-order valence-electron chi connectivity index (χ0n) is 19.5. The number of ether oxygens (including phenoxy) is 1. The van der Waals surface area contributed by atoms with Gasteiger partial charge in [0, 0.05) is 11.1 Å². The molecule has 0 amide bonds. The third-order valence-corrected chi connectivity index (χ3v) is 7.62. The van der Waals surface area contributed by atoms with Crippen molar-refractivity contribution in [3.05, 3.63) is 101 Å². The maximum Gasteiger partial charge on any atom is 0.338 e. The van der Waals surface area contributed by atoms with Crippen LogP contribution in [-0.2, 0) is 20.0 Å². The summed E-state index contributed by atoms with van der Waals surface area (Å²) in [4.78, 5) is 12.4. The predicted octanol–water partition coefficient (Wildman–Crippen LogP) is 5.79. The molecule has 1 aliphatic rings. The zero-order chi connectivity index (χ0) is 24.3. The van der Waals surface area contributed by atoms with Crippen LogP contribution < -0.4 is 0 Å². The normalized spacial score (nSPS) is 14.0. The van der Waals surface area contributed by atoms with Crippen LogP contribution in [0.2, 0.25) is 0 Å². The van der Waals surface area contributed by atoms with Crippen LogP contribution in [0.3, 0.4) is 0 Å². The van der Waals surface area contributed by atoms with Gasteiger partial charge in [0.05, 0.1) is 22.0 Å². The number of rotatable bonds is 4. The molecule has 0 radical (unpaired) electrons. The minimum atomic E-state index is -3.73. The van der Waals surface area contributed by atoms with Crippen molar-refractivity contribution in [3.8, 4) is 11.8 Å². The van der Waals surface area contributed by atoms with E-state index >= 15 is 0 Å². The molecule has 4 rings (SSSR count). The number of benzene rings is 3. The topological polar surface area (TPSA) is 60.4 Å². The number of fused-ring (bicyclic) bond motifs is 1. The highest BCUT2D eigenvalue weighted by molar-refractivity contribution is 7.91. The van der Waals surface area contributed by atoms with Gasteiger partial charge in [0.2, 0.25) is 9.84 Å². The SMILES string of the molecule is CCOC(=O)c1ccc(C#Cc2cc3c(c(S(=O)(=O)c4ccccc4)c2)C(C)(C)CC=C3)cc1. The van der Waals surface area contributed by atoms with Gasteiger partial charge >= 0.3 is 5.97 Å². The van der Waals surface area contributed by atoms with Crippen molar-refractivity contribution < 1.29 is 17.9 Å². The molecule has 0 heterocycles. The number of sulfone groups is 1. The summed E-state index contributed by atoms with van der Waals surface area (Å²) < 4.78 is 32.3. The Morgan fingerprint density at radius 2 is 1.65 bits per heavy atom. The molecule has 0 aromatic heterocycles. The lowest BCUT2D eigenvalue weighted by atomic mass is 9.75. The minimum absolute atomic E-state index is 0.266. The smallest absolute Gasteiger partial charge is 0.338 e. The second-order valence-electron chi connectivity index (χ2n) is 8.79. The number of hydrogen-bond donors (Lipinski definition) is 0. The molecule has 0 aliphatic heterocycles. The maximum atomic E-state index is 13.7. The second kappa shape index (κ2) is 9.32. The van der Waals surface area contributed by atoms with Crippen LogP contribution in [0.25, 0.3) is 6.08 Å². The van der Waals surface area contributed by atoms with Gasteiger partial charge in [-0.15, -0.1) is 0 Å². The molecule has 3 aromatic carbocycles. The summed E-state index contributed by atoms with van der Waals surface area (Å²) in [7, 11) is -3.73. The van der Waals surface area contributed by atoms with Crippen molar-refractivity contribution in [1.82, 2.24) is 0 Å². The average Bonchev–Trinajstić information content (AvgIpc) is 2.83. The van der Waals surface area contributed by atoms with Crippen LogP contribution >= 0.6 is 0 Å². The Balaban J connectivity index is 1.79. The fraction of sp³-hybridized carbons (Fsp3) is 0.207. The van der Waals surface area contributed by atoms with Gasteiger partial charge in [-0.05, 0) is 78.4 Å². The summed E-state index contributed by atoms with van der Waals surface area (Å²) in [6, 6.07) is 19.0. The summed E-state index contributed by atoms with van der Waals surface area (Å²) in [6.45, 7) is 6.21. The van der Waals surface area contributed by atoms with E-state index in [9.17, 15) is 13.2 Å². The van der Waals surface area contributed by atoms with E-state index in [1.165, 1.54) is 0 Å². The van der Waals surface area contributed by atoms with E-state index in [0.717, 1.165) is 17.5 Å². The van der Waals surface area contributed by atoms with Gasteiger partial charge in [-0.1, -0.05) is 56.0 Å². The Hall–Kier alpha value is -3.62. The molecule has 0 saturated carbocycles. The molecule has 5 heteroatoms. The molecule has 0 fully saturated rings. The van der Waals surface area contributed by atoms with E-state index in [4.69, 9.17) is 4.74 Å². The Bertz CT molecular complexity index is 1420. The van der Waals surface area contributed by atoms with E-state index in [1.807, 2.05) is 12.1 Å². The Morgan fingerprint density at radius 1 is 0.971 bits per heavy atom. The van der Waals surface area contributed by atoms with E-state index in [1.54, 1.807) is 67.6 Å². The Morgan fingerprint density at radius 3 is 2.32 bits per heavy atom. The van der Waals surface area contributed by atoms with Gasteiger partial charge in [-0.2, -0.15) is 0 Å². The van der Waals surface area contributed by atoms with Crippen LogP contribution in [0.4, 0.5) is 0 Å². The lowest BCUT2D eigenvalue weighted by molar-refractivity contribution is 0.0526. The fourth-order valence-electron chi connectivity index (χ4n) is 4.13. The van der Waals surface area contributed by atoms with Gasteiger partial charge in [0.1, 0.15) is 0 Å². The van der Waals surface area contributed by atoms with Crippen LogP contribution in [-0.4, -0.2) is 21.0 Å². The number of hydrogen-bond acceptors (Lipinski definition) is 4. The predicted molar refractivity (Wildman–Crippen MR) is 133 cm³/mol. The van der Waals surface area contributed by atoms with Gasteiger partial charge < -0.3 is 4.74 Å². The van der Waals surface area contributed by atoms with Crippen molar-refractivity contribution in [3.63, 3.8) is 0 Å². The monoisotopic (exact) mass is 470 g/mol. The third-order valence-electron chi connectivity index (χ3n) is 5.83. The summed E-state index contributed by atoms with van der Waals surface area (Å²) in [5, 5.41) is 0. The summed E-state index contributed by atoms with van der Waals surface area (Å²) in [5.74, 6) is 5.82. The minimum Gasteiger partial charge on any atom is -0.462 e. The quantitative estimate of drug-likeness (QED) is 0.358. The highest BCUT2D eigenvalue weighted by atomic mass is 32.2. The lowest BCUT2D eigenvalue weighted by Crippen LogP contribution is -2.24. The van der Waals surface area contributed by atoms with E-state index in [2.05, 4.69) is 31.8 Å². The molecule has 4 nitrogen and oxygen atoms in total. The first-order valence-electron chi connectivity index (χ1n) is 11.2. The van der Waals surface area contributed by atoms with Crippen molar-refractivity contribution in [2.45, 2.75) is 42.4 Å². The van der Waals surface area contributed by atoms with Crippen molar-refractivity contribution in [2.24, 2.45) is 0 Å². The van der Waals surface area contributed by atoms with Crippen molar-refractivity contribution >= 4 is 21.9 Å². The first kappa shape index (κ1) is 23.5. The molecular weight excluding hydrogens is 444 g/mol. The first-order valence-corrected chi connectivity index (χ1v) is 12.6. The first-order chi connectivity index (χ1) is 16.2. The molecule has 0 N–H and O–H groups in total. The zero-order valence-corrected chi connectivity index (χ0v) is 20.3. The Labute approximate surface area is 201 Å². The fourth-order valence-corrected chi connectivity index (χ4v) is 5.85. The van der Waals surface area contributed by atoms with Crippen molar-refractivity contribution in [2.75, 3.05) is 6.61 Å². The molecule has 0 unspecified atom stereocenters. The highest BCUT2D eigenvalue weighted by Crippen LogP contribution is 2.41. The summed E-state index contributed by atoms with van der Waals surface area (Å²) in [6.07, 6.45) is 4.81. The summed E-state index contributed by atoms with van der Waals surface area (Å²) in [5.41, 5.74) is 3.17. The number of esters is 1. The molecule has 0 saturated heterocycles. The van der Waals surface area contributed by atoms with Crippen LogP contribution in [0, 0.1) is 11.8 Å². The highest BCUT2D eigenvalue weighted by Gasteiger charge is 2.33. The molecule has 34 heavy (non-hydrogen) atoms. The van der Waals surface area contributed by atoms with Gasteiger partial charge in [0.25, 0.3) is 0 Å². The van der Waals surface area contributed by atoms with Gasteiger partial charge in [-0.3, -0.25) is 0 Å². The standard InChI is InChI=1S/C29H26O4S/c1-4-33-28(30)23-16-14-21(15-17-23)12-13-22-19-24-9-8-18-29(2,3)27(24)26(20-22)34(31,32)25-10-6-5-7-11-25/h5-11,14-17,19-20H,4,18H2,1-3H3. The molecular formula is C29H26O4S. The number of carbonyl (C=O) groups excluding carboxylic acids is 1. The average molecular weight is 471 g/mol. The third kappa shape index (κ3) is 4.69. The second-order valence-corrected chi connectivity index (χ2v) is 10.7. The summed E-state index contributed by atoms with van der Waals surface area (Å²) >= 11 is 0. The van der Waals surface area contributed by atoms with Crippen LogP contribution in [0.5, 0.6) is 0 Å². The molecule has 0 bridgehead atoms.